The van der Waals surface area contributed by atoms with Crippen molar-refractivity contribution < 1.29 is 5.11 Å². The zero-order chi connectivity index (χ0) is 11.2. The molecule has 0 aromatic rings. The second kappa shape index (κ2) is 3.46. The first-order valence-corrected chi connectivity index (χ1v) is 6.40. The third-order valence-corrected chi connectivity index (χ3v) is 5.41. The van der Waals surface area contributed by atoms with Crippen LogP contribution in [0.2, 0.25) is 0 Å². The van der Waals surface area contributed by atoms with Crippen molar-refractivity contribution in [2.24, 2.45) is 16.6 Å². The molecule has 2 heteroatoms. The molecule has 0 aromatic heterocycles. The summed E-state index contributed by atoms with van der Waals surface area (Å²) in [5.74, 6) is 0. The summed E-state index contributed by atoms with van der Waals surface area (Å²) >= 11 is 0. The van der Waals surface area contributed by atoms with Gasteiger partial charge >= 0.3 is 0 Å². The van der Waals surface area contributed by atoms with Crippen molar-refractivity contribution in [3.63, 3.8) is 0 Å². The summed E-state index contributed by atoms with van der Waals surface area (Å²) in [5, 5.41) is 10.9. The van der Waals surface area contributed by atoms with Gasteiger partial charge < -0.3 is 10.8 Å². The smallest absolute Gasteiger partial charge is 0.0740 e. The van der Waals surface area contributed by atoms with Gasteiger partial charge in [0.15, 0.2) is 0 Å². The van der Waals surface area contributed by atoms with E-state index in [0.717, 1.165) is 12.8 Å². The topological polar surface area (TPSA) is 46.2 Å². The standard InChI is InChI=1S/C13H25NO/c1-11(8-9-11)12(2,15)13(10-14)6-4-3-5-7-13/h15H,3-10,14H2,1-2H3. The van der Waals surface area contributed by atoms with Crippen molar-refractivity contribution in [1.82, 2.24) is 0 Å². The summed E-state index contributed by atoms with van der Waals surface area (Å²) in [6.45, 7) is 4.91. The highest BCUT2D eigenvalue weighted by molar-refractivity contribution is 5.12. The summed E-state index contributed by atoms with van der Waals surface area (Å²) < 4.78 is 0. The Labute approximate surface area is 93.2 Å². The second-order valence-corrected chi connectivity index (χ2v) is 6.18. The average molecular weight is 211 g/mol. The summed E-state index contributed by atoms with van der Waals surface area (Å²) in [7, 11) is 0. The summed E-state index contributed by atoms with van der Waals surface area (Å²) in [6.07, 6.45) is 8.36. The van der Waals surface area contributed by atoms with Crippen LogP contribution in [0.5, 0.6) is 0 Å². The van der Waals surface area contributed by atoms with Crippen LogP contribution < -0.4 is 5.73 Å². The summed E-state index contributed by atoms with van der Waals surface area (Å²) in [6, 6.07) is 0. The first-order valence-electron chi connectivity index (χ1n) is 6.40. The fraction of sp³-hybridized carbons (Fsp3) is 1.00. The monoisotopic (exact) mass is 211 g/mol. The highest BCUT2D eigenvalue weighted by Crippen LogP contribution is 2.62. The van der Waals surface area contributed by atoms with Gasteiger partial charge in [0.1, 0.15) is 0 Å². The van der Waals surface area contributed by atoms with Gasteiger partial charge in [-0.3, -0.25) is 0 Å². The van der Waals surface area contributed by atoms with E-state index in [1.54, 1.807) is 0 Å². The van der Waals surface area contributed by atoms with Gasteiger partial charge in [-0.1, -0.05) is 26.2 Å². The number of hydrogen-bond donors (Lipinski definition) is 2. The fourth-order valence-electron chi connectivity index (χ4n) is 3.43. The number of rotatable bonds is 3. The molecule has 0 aromatic carbocycles. The normalized spacial score (nSPS) is 32.0. The molecule has 2 aliphatic carbocycles. The van der Waals surface area contributed by atoms with E-state index < -0.39 is 5.60 Å². The Morgan fingerprint density at radius 2 is 1.67 bits per heavy atom. The molecular formula is C13H25NO. The molecule has 2 fully saturated rings. The fourth-order valence-corrected chi connectivity index (χ4v) is 3.43. The van der Waals surface area contributed by atoms with Crippen LogP contribution in [0.3, 0.4) is 0 Å². The van der Waals surface area contributed by atoms with E-state index in [-0.39, 0.29) is 10.8 Å². The molecular weight excluding hydrogens is 186 g/mol. The molecule has 2 rings (SSSR count). The lowest BCUT2D eigenvalue weighted by Gasteiger charge is -2.51. The third-order valence-electron chi connectivity index (χ3n) is 5.41. The molecule has 0 aliphatic heterocycles. The Balaban J connectivity index is 2.23. The molecule has 3 N–H and O–H groups in total. The predicted molar refractivity (Wildman–Crippen MR) is 62.5 cm³/mol. The largest absolute Gasteiger partial charge is 0.389 e. The van der Waals surface area contributed by atoms with Crippen molar-refractivity contribution >= 4 is 0 Å². The van der Waals surface area contributed by atoms with Crippen molar-refractivity contribution in [2.45, 2.75) is 64.4 Å². The Morgan fingerprint density at radius 1 is 1.13 bits per heavy atom. The van der Waals surface area contributed by atoms with Crippen LogP contribution in [0.1, 0.15) is 58.8 Å². The zero-order valence-corrected chi connectivity index (χ0v) is 10.2. The van der Waals surface area contributed by atoms with Gasteiger partial charge in [0.25, 0.3) is 0 Å². The quantitative estimate of drug-likeness (QED) is 0.753. The van der Waals surface area contributed by atoms with Crippen LogP contribution >= 0.6 is 0 Å². The molecule has 15 heavy (non-hydrogen) atoms. The lowest BCUT2D eigenvalue weighted by atomic mass is 9.59. The zero-order valence-electron chi connectivity index (χ0n) is 10.2. The van der Waals surface area contributed by atoms with Crippen molar-refractivity contribution in [3.8, 4) is 0 Å². The lowest BCUT2D eigenvalue weighted by Crippen LogP contribution is -2.56. The van der Waals surface area contributed by atoms with Crippen molar-refractivity contribution in [2.75, 3.05) is 6.54 Å². The summed E-state index contributed by atoms with van der Waals surface area (Å²) in [5.41, 5.74) is 5.57. The highest BCUT2D eigenvalue weighted by Gasteiger charge is 2.61. The number of hydrogen-bond acceptors (Lipinski definition) is 2. The molecule has 2 aliphatic rings. The molecule has 0 bridgehead atoms. The highest BCUT2D eigenvalue weighted by atomic mass is 16.3. The van der Waals surface area contributed by atoms with Crippen LogP contribution in [-0.4, -0.2) is 17.3 Å². The van der Waals surface area contributed by atoms with Gasteiger partial charge in [0, 0.05) is 12.0 Å². The van der Waals surface area contributed by atoms with Gasteiger partial charge in [-0.2, -0.15) is 0 Å². The van der Waals surface area contributed by atoms with E-state index in [1.807, 2.05) is 6.92 Å². The average Bonchev–Trinajstić information content (AvgIpc) is 2.99. The molecule has 88 valence electrons. The number of nitrogens with two attached hydrogens (primary N) is 1. The van der Waals surface area contributed by atoms with Crippen LogP contribution in [-0.2, 0) is 0 Å². The SMILES string of the molecule is CC1(C(C)(O)C2(CN)CCCCC2)CC1. The molecule has 0 heterocycles. The molecule has 2 saturated carbocycles. The Kier molecular flexibility index (Phi) is 2.63. The Morgan fingerprint density at radius 3 is 2.07 bits per heavy atom. The molecule has 0 saturated heterocycles. The van der Waals surface area contributed by atoms with Gasteiger partial charge in [-0.15, -0.1) is 0 Å². The van der Waals surface area contributed by atoms with Gasteiger partial charge in [0.2, 0.25) is 0 Å². The van der Waals surface area contributed by atoms with E-state index in [0.29, 0.717) is 6.54 Å². The van der Waals surface area contributed by atoms with Gasteiger partial charge in [-0.05, 0) is 38.0 Å². The number of aliphatic hydroxyl groups is 1. The molecule has 0 radical (unpaired) electrons. The maximum absolute atomic E-state index is 10.9. The first kappa shape index (κ1) is 11.4. The van der Waals surface area contributed by atoms with Crippen LogP contribution in [0.25, 0.3) is 0 Å². The molecule has 1 unspecified atom stereocenters. The molecule has 2 nitrogen and oxygen atoms in total. The minimum absolute atomic E-state index is 0.00347. The summed E-state index contributed by atoms with van der Waals surface area (Å²) in [4.78, 5) is 0. The Bertz CT molecular complexity index is 237. The van der Waals surface area contributed by atoms with Crippen LogP contribution in [0.15, 0.2) is 0 Å². The maximum Gasteiger partial charge on any atom is 0.0740 e. The Hall–Kier alpha value is -0.0800. The lowest BCUT2D eigenvalue weighted by molar-refractivity contribution is -0.131. The maximum atomic E-state index is 10.9. The third kappa shape index (κ3) is 1.53. The first-order chi connectivity index (χ1) is 6.97. The van der Waals surface area contributed by atoms with E-state index in [9.17, 15) is 5.11 Å². The van der Waals surface area contributed by atoms with Crippen LogP contribution in [0, 0.1) is 10.8 Å². The van der Waals surface area contributed by atoms with Gasteiger partial charge in [0.05, 0.1) is 5.60 Å². The van der Waals surface area contributed by atoms with Gasteiger partial charge in [-0.25, -0.2) is 0 Å². The molecule has 0 amide bonds. The minimum Gasteiger partial charge on any atom is -0.389 e. The van der Waals surface area contributed by atoms with Crippen molar-refractivity contribution in [1.29, 1.82) is 0 Å². The van der Waals surface area contributed by atoms with E-state index in [2.05, 4.69) is 6.92 Å². The van der Waals surface area contributed by atoms with Crippen LogP contribution in [0.4, 0.5) is 0 Å². The van der Waals surface area contributed by atoms with E-state index in [4.69, 9.17) is 5.73 Å². The molecule has 1 atom stereocenters. The van der Waals surface area contributed by atoms with Crippen molar-refractivity contribution in [3.05, 3.63) is 0 Å². The second-order valence-electron chi connectivity index (χ2n) is 6.18. The predicted octanol–water partition coefficient (Wildman–Crippen LogP) is 2.45. The van der Waals surface area contributed by atoms with E-state index >= 15 is 0 Å². The minimum atomic E-state index is -0.560. The van der Waals surface area contributed by atoms with E-state index in [1.165, 1.54) is 32.1 Å². The molecule has 0 spiro atoms.